The molecule has 0 spiro atoms. The summed E-state index contributed by atoms with van der Waals surface area (Å²) in [7, 11) is 0. The van der Waals surface area contributed by atoms with E-state index >= 15 is 0 Å². The van der Waals surface area contributed by atoms with Gasteiger partial charge in [-0.05, 0) is 31.4 Å². The van der Waals surface area contributed by atoms with E-state index in [-0.39, 0.29) is 0 Å². The SMILES string of the molecule is CCNC(CN1CCOc2ccccc2C1)C1CCCC1. The minimum Gasteiger partial charge on any atom is -0.492 e. The van der Waals surface area contributed by atoms with Crippen molar-refractivity contribution < 1.29 is 4.74 Å². The van der Waals surface area contributed by atoms with Gasteiger partial charge in [0.15, 0.2) is 0 Å². The Morgan fingerprint density at radius 1 is 1.29 bits per heavy atom. The summed E-state index contributed by atoms with van der Waals surface area (Å²) < 4.78 is 5.88. The van der Waals surface area contributed by atoms with Crippen molar-refractivity contribution in [3.8, 4) is 5.75 Å². The molecule has 0 bridgehead atoms. The van der Waals surface area contributed by atoms with Gasteiger partial charge in [0.25, 0.3) is 0 Å². The molecule has 0 saturated heterocycles. The maximum Gasteiger partial charge on any atom is 0.123 e. The van der Waals surface area contributed by atoms with Crippen LogP contribution in [-0.4, -0.2) is 37.2 Å². The quantitative estimate of drug-likeness (QED) is 0.901. The van der Waals surface area contributed by atoms with Crippen molar-refractivity contribution in [2.75, 3.05) is 26.2 Å². The number of fused-ring (bicyclic) bond motifs is 1. The van der Waals surface area contributed by atoms with Gasteiger partial charge in [-0.3, -0.25) is 4.90 Å². The van der Waals surface area contributed by atoms with Gasteiger partial charge in [-0.2, -0.15) is 0 Å². The highest BCUT2D eigenvalue weighted by Gasteiger charge is 2.27. The summed E-state index contributed by atoms with van der Waals surface area (Å²) in [5, 5.41) is 3.73. The summed E-state index contributed by atoms with van der Waals surface area (Å²) in [5.41, 5.74) is 1.33. The predicted molar refractivity (Wildman–Crippen MR) is 86.6 cm³/mol. The molecule has 3 heteroatoms. The van der Waals surface area contributed by atoms with Gasteiger partial charge in [0.2, 0.25) is 0 Å². The van der Waals surface area contributed by atoms with Crippen LogP contribution in [0.25, 0.3) is 0 Å². The van der Waals surface area contributed by atoms with Crippen LogP contribution in [0.3, 0.4) is 0 Å². The molecule has 21 heavy (non-hydrogen) atoms. The van der Waals surface area contributed by atoms with Gasteiger partial charge in [0.1, 0.15) is 12.4 Å². The first-order chi connectivity index (χ1) is 10.4. The average Bonchev–Trinajstić information content (AvgIpc) is 2.95. The highest BCUT2D eigenvalue weighted by atomic mass is 16.5. The molecule has 1 atom stereocenters. The van der Waals surface area contributed by atoms with E-state index in [1.165, 1.54) is 31.2 Å². The molecule has 2 aliphatic rings. The van der Waals surface area contributed by atoms with Gasteiger partial charge in [-0.1, -0.05) is 38.0 Å². The molecule has 0 aromatic heterocycles. The lowest BCUT2D eigenvalue weighted by molar-refractivity contribution is 0.185. The molecule has 1 heterocycles. The van der Waals surface area contributed by atoms with Gasteiger partial charge in [-0.25, -0.2) is 0 Å². The summed E-state index contributed by atoms with van der Waals surface area (Å²) >= 11 is 0. The Morgan fingerprint density at radius 2 is 2.10 bits per heavy atom. The monoisotopic (exact) mass is 288 g/mol. The Hall–Kier alpha value is -1.06. The maximum atomic E-state index is 5.88. The lowest BCUT2D eigenvalue weighted by Crippen LogP contribution is -2.45. The first-order valence-electron chi connectivity index (χ1n) is 8.53. The molecular formula is C18H28N2O. The third-order valence-corrected chi connectivity index (χ3v) is 4.92. The summed E-state index contributed by atoms with van der Waals surface area (Å²) in [5.74, 6) is 1.94. The van der Waals surface area contributed by atoms with Gasteiger partial charge >= 0.3 is 0 Å². The first-order valence-corrected chi connectivity index (χ1v) is 8.53. The number of benzene rings is 1. The molecule has 3 rings (SSSR count). The molecule has 0 radical (unpaired) electrons. The summed E-state index contributed by atoms with van der Waals surface area (Å²) in [6, 6.07) is 9.12. The molecule has 1 aromatic carbocycles. The fourth-order valence-electron chi connectivity index (χ4n) is 3.82. The fraction of sp³-hybridized carbons (Fsp3) is 0.667. The average molecular weight is 288 g/mol. The van der Waals surface area contributed by atoms with Crippen LogP contribution in [0.1, 0.15) is 38.2 Å². The molecule has 116 valence electrons. The fourth-order valence-corrected chi connectivity index (χ4v) is 3.82. The summed E-state index contributed by atoms with van der Waals surface area (Å²) in [6.07, 6.45) is 5.63. The Labute approximate surface area is 128 Å². The second-order valence-electron chi connectivity index (χ2n) is 6.40. The number of rotatable bonds is 5. The zero-order valence-corrected chi connectivity index (χ0v) is 13.2. The first kappa shape index (κ1) is 14.9. The largest absolute Gasteiger partial charge is 0.492 e. The van der Waals surface area contributed by atoms with E-state index in [0.717, 1.165) is 44.5 Å². The molecule has 1 aliphatic heterocycles. The van der Waals surface area contributed by atoms with Crippen LogP contribution >= 0.6 is 0 Å². The zero-order valence-electron chi connectivity index (χ0n) is 13.2. The van der Waals surface area contributed by atoms with E-state index in [1.54, 1.807) is 0 Å². The molecule has 1 N–H and O–H groups in total. The van der Waals surface area contributed by atoms with Crippen molar-refractivity contribution in [1.29, 1.82) is 0 Å². The van der Waals surface area contributed by atoms with Crippen molar-refractivity contribution >= 4 is 0 Å². The van der Waals surface area contributed by atoms with E-state index in [1.807, 2.05) is 0 Å². The number of ether oxygens (including phenoxy) is 1. The third kappa shape index (κ3) is 3.78. The minimum absolute atomic E-state index is 0.641. The van der Waals surface area contributed by atoms with Crippen LogP contribution < -0.4 is 10.1 Å². The predicted octanol–water partition coefficient (Wildman–Crippen LogP) is 3.05. The van der Waals surface area contributed by atoms with Crippen molar-refractivity contribution in [2.45, 2.75) is 45.2 Å². The molecule has 1 fully saturated rings. The molecule has 1 aliphatic carbocycles. The Bertz CT molecular complexity index is 443. The van der Waals surface area contributed by atoms with Crippen molar-refractivity contribution in [2.24, 2.45) is 5.92 Å². The van der Waals surface area contributed by atoms with Gasteiger partial charge in [0.05, 0.1) is 0 Å². The van der Waals surface area contributed by atoms with Crippen LogP contribution in [0, 0.1) is 5.92 Å². The molecule has 3 nitrogen and oxygen atoms in total. The van der Waals surface area contributed by atoms with E-state index in [2.05, 4.69) is 41.4 Å². The van der Waals surface area contributed by atoms with Crippen LogP contribution in [0.5, 0.6) is 5.75 Å². The van der Waals surface area contributed by atoms with Crippen LogP contribution in [0.4, 0.5) is 0 Å². The smallest absolute Gasteiger partial charge is 0.123 e. The zero-order chi connectivity index (χ0) is 14.5. The van der Waals surface area contributed by atoms with Crippen molar-refractivity contribution in [1.82, 2.24) is 10.2 Å². The standard InChI is InChI=1S/C18H28N2O/c1-2-19-17(15-7-3-4-8-15)14-20-11-12-21-18-10-6-5-9-16(18)13-20/h5-6,9-10,15,17,19H,2-4,7-8,11-14H2,1H3. The second-order valence-corrected chi connectivity index (χ2v) is 6.40. The molecule has 1 saturated carbocycles. The number of likely N-dealkylation sites (N-methyl/N-ethyl adjacent to an activating group) is 1. The van der Waals surface area contributed by atoms with Gasteiger partial charge in [-0.15, -0.1) is 0 Å². The van der Waals surface area contributed by atoms with Gasteiger partial charge in [0, 0.05) is 31.2 Å². The Balaban J connectivity index is 1.65. The van der Waals surface area contributed by atoms with E-state index in [0.29, 0.717) is 6.04 Å². The topological polar surface area (TPSA) is 24.5 Å². The maximum absolute atomic E-state index is 5.88. The van der Waals surface area contributed by atoms with Crippen LogP contribution in [-0.2, 0) is 6.54 Å². The van der Waals surface area contributed by atoms with E-state index in [4.69, 9.17) is 4.74 Å². The normalized spacial score (nSPS) is 21.6. The van der Waals surface area contributed by atoms with E-state index < -0.39 is 0 Å². The number of hydrogen-bond acceptors (Lipinski definition) is 3. The molecule has 0 amide bonds. The Morgan fingerprint density at radius 3 is 2.90 bits per heavy atom. The highest BCUT2D eigenvalue weighted by molar-refractivity contribution is 5.33. The molecular weight excluding hydrogens is 260 g/mol. The van der Waals surface area contributed by atoms with E-state index in [9.17, 15) is 0 Å². The summed E-state index contributed by atoms with van der Waals surface area (Å²) in [6.45, 7) is 7.30. The summed E-state index contributed by atoms with van der Waals surface area (Å²) in [4.78, 5) is 2.57. The second kappa shape index (κ2) is 7.28. The lowest BCUT2D eigenvalue weighted by Gasteiger charge is -2.30. The van der Waals surface area contributed by atoms with Crippen molar-refractivity contribution in [3.63, 3.8) is 0 Å². The lowest BCUT2D eigenvalue weighted by atomic mass is 9.97. The van der Waals surface area contributed by atoms with Crippen LogP contribution in [0.2, 0.25) is 0 Å². The highest BCUT2D eigenvalue weighted by Crippen LogP contribution is 2.29. The third-order valence-electron chi connectivity index (χ3n) is 4.92. The Kier molecular flexibility index (Phi) is 5.15. The molecule has 1 unspecified atom stereocenters. The number of hydrogen-bond donors (Lipinski definition) is 1. The van der Waals surface area contributed by atoms with Crippen molar-refractivity contribution in [3.05, 3.63) is 29.8 Å². The number of para-hydroxylation sites is 1. The van der Waals surface area contributed by atoms with Gasteiger partial charge < -0.3 is 10.1 Å². The van der Waals surface area contributed by atoms with Crippen LogP contribution in [0.15, 0.2) is 24.3 Å². The molecule has 1 aromatic rings. The number of nitrogens with zero attached hydrogens (tertiary/aromatic N) is 1. The minimum atomic E-state index is 0.641. The number of nitrogens with one attached hydrogen (secondary N) is 1.